The molecule has 6 heteroatoms. The van der Waals surface area contributed by atoms with Crippen molar-refractivity contribution in [3.8, 4) is 0 Å². The lowest BCUT2D eigenvalue weighted by Gasteiger charge is -2.15. The Bertz CT molecular complexity index is 377. The molecule has 0 fully saturated rings. The number of hydrogen-bond acceptors (Lipinski definition) is 3. The van der Waals surface area contributed by atoms with Crippen LogP contribution in [0, 0.1) is 5.92 Å². The Labute approximate surface area is 105 Å². The molecule has 1 aromatic heterocycles. The van der Waals surface area contributed by atoms with Crippen molar-refractivity contribution in [2.45, 2.75) is 45.8 Å². The highest BCUT2D eigenvalue weighted by atomic mass is 19.4. The van der Waals surface area contributed by atoms with Crippen molar-refractivity contribution in [2.24, 2.45) is 5.92 Å². The molecule has 0 saturated carbocycles. The first-order chi connectivity index (χ1) is 8.29. The minimum Gasteiger partial charge on any atom is -0.352 e. The summed E-state index contributed by atoms with van der Waals surface area (Å²) in [5.74, 6) is 0.595. The van der Waals surface area contributed by atoms with Crippen molar-refractivity contribution in [2.75, 3.05) is 5.32 Å². The number of anilines is 1. The van der Waals surface area contributed by atoms with Gasteiger partial charge in [-0.1, -0.05) is 13.8 Å². The molecule has 0 aliphatic carbocycles. The Morgan fingerprint density at radius 1 is 1.22 bits per heavy atom. The molecule has 1 N–H and O–H groups in total. The van der Waals surface area contributed by atoms with Gasteiger partial charge in [0.25, 0.3) is 0 Å². The minimum atomic E-state index is -4.43. The molecule has 1 aromatic rings. The smallest absolute Gasteiger partial charge is 0.352 e. The van der Waals surface area contributed by atoms with Crippen molar-refractivity contribution in [1.29, 1.82) is 0 Å². The van der Waals surface area contributed by atoms with Crippen LogP contribution in [0.2, 0.25) is 0 Å². The summed E-state index contributed by atoms with van der Waals surface area (Å²) in [5, 5.41) is 2.89. The monoisotopic (exact) mass is 261 g/mol. The maximum atomic E-state index is 12.4. The molecule has 0 aliphatic heterocycles. The quantitative estimate of drug-likeness (QED) is 0.877. The zero-order valence-corrected chi connectivity index (χ0v) is 10.8. The first kappa shape index (κ1) is 14.7. The van der Waals surface area contributed by atoms with E-state index >= 15 is 0 Å². The molecule has 0 aromatic carbocycles. The number of hydrogen-bond donors (Lipinski definition) is 1. The zero-order valence-electron chi connectivity index (χ0n) is 10.8. The molecule has 1 heterocycles. The average Bonchev–Trinajstić information content (AvgIpc) is 2.25. The summed E-state index contributed by atoms with van der Waals surface area (Å²) >= 11 is 0. The summed E-state index contributed by atoms with van der Waals surface area (Å²) in [6.45, 7) is 6.12. The van der Waals surface area contributed by atoms with Crippen molar-refractivity contribution in [1.82, 2.24) is 9.97 Å². The van der Waals surface area contributed by atoms with E-state index in [9.17, 15) is 13.2 Å². The van der Waals surface area contributed by atoms with E-state index in [1.54, 1.807) is 0 Å². The highest BCUT2D eigenvalue weighted by Gasteiger charge is 2.32. The molecule has 0 aliphatic rings. The summed E-state index contributed by atoms with van der Waals surface area (Å²) in [5.41, 5.74) is -0.920. The molecule has 0 saturated heterocycles. The van der Waals surface area contributed by atoms with Crippen LogP contribution >= 0.6 is 0 Å². The molecular weight excluding hydrogens is 243 g/mol. The lowest BCUT2D eigenvalue weighted by Crippen LogP contribution is -2.19. The number of nitrogens with zero attached hydrogens (tertiary/aromatic N) is 2. The molecule has 0 radical (unpaired) electrons. The van der Waals surface area contributed by atoms with Crippen LogP contribution in [0.4, 0.5) is 19.1 Å². The Morgan fingerprint density at radius 3 is 2.44 bits per heavy atom. The van der Waals surface area contributed by atoms with Gasteiger partial charge in [0.1, 0.15) is 5.69 Å². The van der Waals surface area contributed by atoms with E-state index in [0.29, 0.717) is 5.92 Å². The first-order valence-corrected chi connectivity index (χ1v) is 5.96. The zero-order chi connectivity index (χ0) is 13.8. The molecule has 1 atom stereocenters. The summed E-state index contributed by atoms with van der Waals surface area (Å²) in [7, 11) is 0. The van der Waals surface area contributed by atoms with E-state index in [-0.39, 0.29) is 12.0 Å². The second-order valence-corrected chi connectivity index (χ2v) is 4.78. The third-order valence-electron chi connectivity index (χ3n) is 2.50. The van der Waals surface area contributed by atoms with Crippen LogP contribution in [0.1, 0.15) is 39.3 Å². The molecule has 0 spiro atoms. The molecule has 18 heavy (non-hydrogen) atoms. The van der Waals surface area contributed by atoms with Crippen molar-refractivity contribution >= 4 is 5.95 Å². The SMILES string of the molecule is CC(C)CCC(C)Nc1nccc(C(F)(F)F)n1. The molecule has 0 bridgehead atoms. The Hall–Kier alpha value is -1.33. The molecule has 0 amide bonds. The summed E-state index contributed by atoms with van der Waals surface area (Å²) in [6.07, 6.45) is -1.43. The van der Waals surface area contributed by atoms with Crippen molar-refractivity contribution in [3.63, 3.8) is 0 Å². The van der Waals surface area contributed by atoms with Gasteiger partial charge in [-0.25, -0.2) is 9.97 Å². The van der Waals surface area contributed by atoms with Gasteiger partial charge in [-0.3, -0.25) is 0 Å². The number of rotatable bonds is 5. The topological polar surface area (TPSA) is 37.8 Å². The fourth-order valence-corrected chi connectivity index (χ4v) is 1.46. The second kappa shape index (κ2) is 6.02. The van der Waals surface area contributed by atoms with E-state index in [0.717, 1.165) is 25.1 Å². The highest BCUT2D eigenvalue weighted by Crippen LogP contribution is 2.27. The molecule has 1 rings (SSSR count). The average molecular weight is 261 g/mol. The van der Waals surface area contributed by atoms with Crippen LogP contribution < -0.4 is 5.32 Å². The Balaban J connectivity index is 2.62. The molecule has 1 unspecified atom stereocenters. The normalized spacial score (nSPS) is 13.7. The van der Waals surface area contributed by atoms with E-state index in [1.165, 1.54) is 0 Å². The van der Waals surface area contributed by atoms with Crippen LogP contribution in [0.25, 0.3) is 0 Å². The van der Waals surface area contributed by atoms with E-state index in [2.05, 4.69) is 29.1 Å². The number of halogens is 3. The first-order valence-electron chi connectivity index (χ1n) is 5.96. The van der Waals surface area contributed by atoms with Crippen LogP contribution in [0.5, 0.6) is 0 Å². The lowest BCUT2D eigenvalue weighted by atomic mass is 10.0. The number of aromatic nitrogens is 2. The molecule has 102 valence electrons. The maximum absolute atomic E-state index is 12.4. The van der Waals surface area contributed by atoms with Gasteiger partial charge in [-0.2, -0.15) is 13.2 Å². The van der Waals surface area contributed by atoms with Crippen LogP contribution in [-0.4, -0.2) is 16.0 Å². The largest absolute Gasteiger partial charge is 0.433 e. The van der Waals surface area contributed by atoms with E-state index in [1.807, 2.05) is 6.92 Å². The van der Waals surface area contributed by atoms with Gasteiger partial charge >= 0.3 is 6.18 Å². The van der Waals surface area contributed by atoms with Gasteiger partial charge in [0.15, 0.2) is 0 Å². The predicted octanol–water partition coefficient (Wildman–Crippen LogP) is 3.73. The predicted molar refractivity (Wildman–Crippen MR) is 64.2 cm³/mol. The second-order valence-electron chi connectivity index (χ2n) is 4.78. The van der Waals surface area contributed by atoms with Gasteiger partial charge in [0, 0.05) is 12.2 Å². The van der Waals surface area contributed by atoms with Crippen molar-refractivity contribution < 1.29 is 13.2 Å². The van der Waals surface area contributed by atoms with Crippen LogP contribution in [0.15, 0.2) is 12.3 Å². The van der Waals surface area contributed by atoms with Gasteiger partial charge in [0.2, 0.25) is 5.95 Å². The van der Waals surface area contributed by atoms with Crippen LogP contribution in [-0.2, 0) is 6.18 Å². The third-order valence-corrected chi connectivity index (χ3v) is 2.50. The number of alkyl halides is 3. The van der Waals surface area contributed by atoms with Gasteiger partial charge < -0.3 is 5.32 Å². The van der Waals surface area contributed by atoms with Gasteiger partial charge in [-0.15, -0.1) is 0 Å². The maximum Gasteiger partial charge on any atom is 0.433 e. The van der Waals surface area contributed by atoms with Crippen LogP contribution in [0.3, 0.4) is 0 Å². The van der Waals surface area contributed by atoms with Gasteiger partial charge in [0.05, 0.1) is 0 Å². The lowest BCUT2D eigenvalue weighted by molar-refractivity contribution is -0.141. The Morgan fingerprint density at radius 2 is 1.89 bits per heavy atom. The fraction of sp³-hybridized carbons (Fsp3) is 0.667. The third kappa shape index (κ3) is 4.89. The summed E-state index contributed by atoms with van der Waals surface area (Å²) in [4.78, 5) is 7.26. The summed E-state index contributed by atoms with van der Waals surface area (Å²) < 4.78 is 37.3. The Kier molecular flexibility index (Phi) is 4.93. The fourth-order valence-electron chi connectivity index (χ4n) is 1.46. The standard InChI is InChI=1S/C12H18F3N3/c1-8(2)4-5-9(3)17-11-16-7-6-10(18-11)12(13,14)15/h6-9H,4-5H2,1-3H3,(H,16,17,18). The summed E-state index contributed by atoms with van der Waals surface area (Å²) in [6, 6.07) is 0.917. The molecule has 3 nitrogen and oxygen atoms in total. The molecular formula is C12H18F3N3. The minimum absolute atomic E-state index is 0.0288. The van der Waals surface area contributed by atoms with E-state index in [4.69, 9.17) is 0 Å². The highest BCUT2D eigenvalue weighted by molar-refractivity contribution is 5.27. The number of nitrogens with one attached hydrogen (secondary N) is 1. The van der Waals surface area contributed by atoms with Gasteiger partial charge in [-0.05, 0) is 31.7 Å². The van der Waals surface area contributed by atoms with E-state index < -0.39 is 11.9 Å². The van der Waals surface area contributed by atoms with Crippen molar-refractivity contribution in [3.05, 3.63) is 18.0 Å².